The molecule has 1 aliphatic heterocycles. The predicted octanol–water partition coefficient (Wildman–Crippen LogP) is 3.69. The van der Waals surface area contributed by atoms with Crippen LogP contribution in [0.3, 0.4) is 0 Å². The first kappa shape index (κ1) is 17.1. The van der Waals surface area contributed by atoms with Crippen LogP contribution in [0.5, 0.6) is 0 Å². The minimum Gasteiger partial charge on any atom is -0.368 e. The van der Waals surface area contributed by atoms with E-state index in [1.54, 1.807) is 6.33 Å². The largest absolute Gasteiger partial charge is 0.368 e. The fraction of sp³-hybridized carbons (Fsp3) is 0.500. The number of anilines is 3. The van der Waals surface area contributed by atoms with Gasteiger partial charge in [-0.1, -0.05) is 19.3 Å². The molecule has 0 spiro atoms. The van der Waals surface area contributed by atoms with Gasteiger partial charge in [0.15, 0.2) is 0 Å². The molecule has 1 N–H and O–H groups in total. The van der Waals surface area contributed by atoms with E-state index in [0.29, 0.717) is 6.04 Å². The van der Waals surface area contributed by atoms with Crippen molar-refractivity contribution in [1.82, 2.24) is 9.97 Å². The fourth-order valence-corrected chi connectivity index (χ4v) is 3.90. The Balaban J connectivity index is 1.36. The van der Waals surface area contributed by atoms with Crippen LogP contribution in [0, 0.1) is 5.82 Å². The normalized spacial score (nSPS) is 18.8. The molecule has 1 aromatic heterocycles. The molecule has 6 heteroatoms. The van der Waals surface area contributed by atoms with E-state index >= 15 is 0 Å². The van der Waals surface area contributed by atoms with Crippen LogP contribution in [0.1, 0.15) is 32.1 Å². The third-order valence-electron chi connectivity index (χ3n) is 5.41. The highest BCUT2D eigenvalue weighted by Gasteiger charge is 2.19. The molecule has 1 aromatic carbocycles. The third-order valence-corrected chi connectivity index (χ3v) is 5.41. The first-order chi connectivity index (χ1) is 12.8. The zero-order chi connectivity index (χ0) is 17.8. The van der Waals surface area contributed by atoms with E-state index in [-0.39, 0.29) is 5.82 Å². The number of nitrogens with one attached hydrogen (secondary N) is 1. The van der Waals surface area contributed by atoms with Gasteiger partial charge in [0.2, 0.25) is 0 Å². The molecular formula is C20H26FN5. The van der Waals surface area contributed by atoms with E-state index in [4.69, 9.17) is 0 Å². The predicted molar refractivity (Wildman–Crippen MR) is 103 cm³/mol. The molecule has 0 radical (unpaired) electrons. The number of hydrogen-bond acceptors (Lipinski definition) is 5. The summed E-state index contributed by atoms with van der Waals surface area (Å²) in [6.07, 6.45) is 8.09. The maximum atomic E-state index is 13.1. The van der Waals surface area contributed by atoms with E-state index < -0.39 is 0 Å². The van der Waals surface area contributed by atoms with E-state index in [2.05, 4.69) is 31.2 Å². The third kappa shape index (κ3) is 4.06. The molecule has 0 amide bonds. The highest BCUT2D eigenvalue weighted by atomic mass is 19.1. The van der Waals surface area contributed by atoms with E-state index in [1.807, 2.05) is 12.1 Å². The number of rotatable bonds is 4. The van der Waals surface area contributed by atoms with Crippen LogP contribution in [-0.4, -0.2) is 42.2 Å². The molecule has 2 aromatic rings. The Kier molecular flexibility index (Phi) is 5.18. The number of nitrogens with zero attached hydrogens (tertiary/aromatic N) is 4. The van der Waals surface area contributed by atoms with Crippen LogP contribution in [0.25, 0.3) is 0 Å². The van der Waals surface area contributed by atoms with E-state index in [0.717, 1.165) is 43.5 Å². The number of benzene rings is 1. The SMILES string of the molecule is Fc1ccc(N2CCN(c3cc(NC4CCCCC4)ncn3)CC2)cc1. The van der Waals surface area contributed by atoms with Crippen molar-refractivity contribution in [3.05, 3.63) is 42.5 Å². The topological polar surface area (TPSA) is 44.3 Å². The van der Waals surface area contributed by atoms with Crippen LogP contribution in [0.4, 0.5) is 21.7 Å². The van der Waals surface area contributed by atoms with Crippen molar-refractivity contribution in [3.8, 4) is 0 Å². The number of hydrogen-bond donors (Lipinski definition) is 1. The van der Waals surface area contributed by atoms with Gasteiger partial charge in [0.1, 0.15) is 23.8 Å². The van der Waals surface area contributed by atoms with Gasteiger partial charge in [-0.15, -0.1) is 0 Å². The van der Waals surface area contributed by atoms with Gasteiger partial charge in [-0.2, -0.15) is 0 Å². The van der Waals surface area contributed by atoms with Crippen molar-refractivity contribution in [3.63, 3.8) is 0 Å². The van der Waals surface area contributed by atoms with Gasteiger partial charge >= 0.3 is 0 Å². The van der Waals surface area contributed by atoms with Crippen LogP contribution in [0.15, 0.2) is 36.7 Å². The van der Waals surface area contributed by atoms with Gasteiger partial charge < -0.3 is 15.1 Å². The average molecular weight is 355 g/mol. The zero-order valence-electron chi connectivity index (χ0n) is 15.1. The van der Waals surface area contributed by atoms with Crippen LogP contribution in [-0.2, 0) is 0 Å². The van der Waals surface area contributed by atoms with Gasteiger partial charge in [-0.05, 0) is 37.1 Å². The maximum Gasteiger partial charge on any atom is 0.134 e. The van der Waals surface area contributed by atoms with Crippen LogP contribution < -0.4 is 15.1 Å². The first-order valence-corrected chi connectivity index (χ1v) is 9.62. The summed E-state index contributed by atoms with van der Waals surface area (Å²) in [7, 11) is 0. The Hall–Kier alpha value is -2.37. The average Bonchev–Trinajstić information content (AvgIpc) is 2.70. The van der Waals surface area contributed by atoms with E-state index in [9.17, 15) is 4.39 Å². The lowest BCUT2D eigenvalue weighted by Gasteiger charge is -2.36. The molecule has 5 nitrogen and oxygen atoms in total. The second kappa shape index (κ2) is 7.89. The molecule has 1 aliphatic carbocycles. The molecule has 4 rings (SSSR count). The lowest BCUT2D eigenvalue weighted by atomic mass is 9.95. The summed E-state index contributed by atoms with van der Waals surface area (Å²) < 4.78 is 13.1. The summed E-state index contributed by atoms with van der Waals surface area (Å²) in [6, 6.07) is 9.36. The quantitative estimate of drug-likeness (QED) is 0.906. The molecule has 138 valence electrons. The smallest absolute Gasteiger partial charge is 0.134 e. The molecule has 1 saturated carbocycles. The highest BCUT2D eigenvalue weighted by molar-refractivity contribution is 5.52. The zero-order valence-corrected chi connectivity index (χ0v) is 15.1. The van der Waals surface area contributed by atoms with Gasteiger partial charge in [0, 0.05) is 44.0 Å². The second-order valence-corrected chi connectivity index (χ2v) is 7.19. The van der Waals surface area contributed by atoms with Crippen molar-refractivity contribution in [1.29, 1.82) is 0 Å². The molecule has 0 atom stereocenters. The first-order valence-electron chi connectivity index (χ1n) is 9.62. The standard InChI is InChI=1S/C20H26FN5/c21-16-6-8-18(9-7-16)25-10-12-26(13-11-25)20-14-19(22-15-23-20)24-17-4-2-1-3-5-17/h6-9,14-15,17H,1-5,10-13H2,(H,22,23,24). The Morgan fingerprint density at radius 1 is 0.885 bits per heavy atom. The summed E-state index contributed by atoms with van der Waals surface area (Å²) in [5.74, 6) is 1.73. The Morgan fingerprint density at radius 3 is 2.31 bits per heavy atom. The van der Waals surface area contributed by atoms with Crippen molar-refractivity contribution in [2.75, 3.05) is 41.3 Å². The minimum atomic E-state index is -0.189. The molecule has 26 heavy (non-hydrogen) atoms. The summed E-state index contributed by atoms with van der Waals surface area (Å²) >= 11 is 0. The maximum absolute atomic E-state index is 13.1. The van der Waals surface area contributed by atoms with Gasteiger partial charge in [-0.25, -0.2) is 14.4 Å². The van der Waals surface area contributed by atoms with Crippen molar-refractivity contribution in [2.45, 2.75) is 38.1 Å². The summed E-state index contributed by atoms with van der Waals surface area (Å²) in [5, 5.41) is 3.58. The summed E-state index contributed by atoms with van der Waals surface area (Å²) in [6.45, 7) is 3.61. The van der Waals surface area contributed by atoms with Crippen molar-refractivity contribution < 1.29 is 4.39 Å². The molecule has 1 saturated heterocycles. The number of piperazine rings is 1. The minimum absolute atomic E-state index is 0.189. The summed E-state index contributed by atoms with van der Waals surface area (Å²) in [4.78, 5) is 13.5. The Bertz CT molecular complexity index is 706. The van der Waals surface area contributed by atoms with Gasteiger partial charge in [0.25, 0.3) is 0 Å². The Labute approximate surface area is 154 Å². The number of aromatic nitrogens is 2. The molecular weight excluding hydrogens is 329 g/mol. The van der Waals surface area contributed by atoms with E-state index in [1.165, 1.54) is 44.2 Å². The lowest BCUT2D eigenvalue weighted by molar-refractivity contribution is 0.462. The highest BCUT2D eigenvalue weighted by Crippen LogP contribution is 2.23. The molecule has 2 heterocycles. The molecule has 0 bridgehead atoms. The van der Waals surface area contributed by atoms with Gasteiger partial charge in [-0.3, -0.25) is 0 Å². The molecule has 2 aliphatic rings. The van der Waals surface area contributed by atoms with Crippen molar-refractivity contribution in [2.24, 2.45) is 0 Å². The second-order valence-electron chi connectivity index (χ2n) is 7.19. The lowest BCUT2D eigenvalue weighted by Crippen LogP contribution is -2.46. The van der Waals surface area contributed by atoms with Crippen molar-refractivity contribution >= 4 is 17.3 Å². The van der Waals surface area contributed by atoms with Gasteiger partial charge in [0.05, 0.1) is 0 Å². The van der Waals surface area contributed by atoms with Crippen LogP contribution in [0.2, 0.25) is 0 Å². The molecule has 2 fully saturated rings. The molecule has 0 unspecified atom stereocenters. The summed E-state index contributed by atoms with van der Waals surface area (Å²) in [5.41, 5.74) is 1.08. The van der Waals surface area contributed by atoms with Crippen LogP contribution >= 0.6 is 0 Å². The Morgan fingerprint density at radius 2 is 1.58 bits per heavy atom. The fourth-order valence-electron chi connectivity index (χ4n) is 3.90. The monoisotopic (exact) mass is 355 g/mol. The number of halogens is 1.